The number of aryl methyl sites for hydroxylation is 2. The van der Waals surface area contributed by atoms with E-state index in [1.54, 1.807) is 0 Å². The third kappa shape index (κ3) is 4.20. The van der Waals surface area contributed by atoms with E-state index < -0.39 is 0 Å². The summed E-state index contributed by atoms with van der Waals surface area (Å²) >= 11 is 5.42. The summed E-state index contributed by atoms with van der Waals surface area (Å²) in [6.45, 7) is 6.55. The number of hydrogen-bond donors (Lipinski definition) is 2. The van der Waals surface area contributed by atoms with Crippen LogP contribution in [0.1, 0.15) is 43.7 Å². The molecule has 0 aliphatic heterocycles. The van der Waals surface area contributed by atoms with Crippen LogP contribution in [-0.2, 0) is 0 Å². The first-order valence-corrected chi connectivity index (χ1v) is 7.60. The Morgan fingerprint density at radius 3 is 2.47 bits per heavy atom. The van der Waals surface area contributed by atoms with Gasteiger partial charge in [0.15, 0.2) is 5.11 Å². The number of rotatable bonds is 2. The second kappa shape index (κ2) is 6.38. The highest BCUT2D eigenvalue weighted by Gasteiger charge is 2.18. The maximum Gasteiger partial charge on any atom is 0.171 e. The van der Waals surface area contributed by atoms with Crippen molar-refractivity contribution in [2.45, 2.75) is 52.5 Å². The summed E-state index contributed by atoms with van der Waals surface area (Å²) in [5.74, 6) is 0.874. The molecule has 0 spiro atoms. The summed E-state index contributed by atoms with van der Waals surface area (Å²) in [6.07, 6.45) is 5.08. The van der Waals surface area contributed by atoms with Crippen LogP contribution in [-0.4, -0.2) is 11.2 Å². The Bertz CT molecular complexity index is 448. The summed E-state index contributed by atoms with van der Waals surface area (Å²) in [5, 5.41) is 7.52. The molecule has 0 radical (unpaired) electrons. The molecule has 19 heavy (non-hydrogen) atoms. The molecule has 2 rings (SSSR count). The zero-order chi connectivity index (χ0) is 13.8. The van der Waals surface area contributed by atoms with Crippen molar-refractivity contribution in [3.63, 3.8) is 0 Å². The van der Waals surface area contributed by atoms with Gasteiger partial charge >= 0.3 is 0 Å². The zero-order valence-corrected chi connectivity index (χ0v) is 12.9. The van der Waals surface area contributed by atoms with Crippen LogP contribution in [0.2, 0.25) is 0 Å². The largest absolute Gasteiger partial charge is 0.360 e. The van der Waals surface area contributed by atoms with Gasteiger partial charge in [0.1, 0.15) is 0 Å². The quantitative estimate of drug-likeness (QED) is 0.793. The van der Waals surface area contributed by atoms with E-state index in [2.05, 4.69) is 49.6 Å². The van der Waals surface area contributed by atoms with Gasteiger partial charge in [-0.05, 0) is 69.3 Å². The van der Waals surface area contributed by atoms with Crippen molar-refractivity contribution >= 4 is 23.0 Å². The molecule has 0 atom stereocenters. The van der Waals surface area contributed by atoms with Crippen LogP contribution < -0.4 is 10.6 Å². The van der Waals surface area contributed by atoms with Crippen LogP contribution in [0.4, 0.5) is 5.69 Å². The van der Waals surface area contributed by atoms with Crippen molar-refractivity contribution in [3.8, 4) is 0 Å². The molecule has 2 N–H and O–H groups in total. The first-order valence-electron chi connectivity index (χ1n) is 7.19. The van der Waals surface area contributed by atoms with E-state index in [9.17, 15) is 0 Å². The maximum atomic E-state index is 5.42. The summed E-state index contributed by atoms with van der Waals surface area (Å²) in [6, 6.07) is 6.93. The molecule has 0 saturated heterocycles. The average Bonchev–Trinajstić information content (AvgIpc) is 2.36. The van der Waals surface area contributed by atoms with Gasteiger partial charge in [0.25, 0.3) is 0 Å². The van der Waals surface area contributed by atoms with E-state index in [0.717, 1.165) is 16.7 Å². The summed E-state index contributed by atoms with van der Waals surface area (Å²) in [4.78, 5) is 0. The molecule has 1 saturated carbocycles. The predicted molar refractivity (Wildman–Crippen MR) is 86.7 cm³/mol. The third-order valence-corrected chi connectivity index (χ3v) is 4.20. The second-order valence-electron chi connectivity index (χ2n) is 5.87. The topological polar surface area (TPSA) is 24.1 Å². The molecule has 0 amide bonds. The highest BCUT2D eigenvalue weighted by Crippen LogP contribution is 2.23. The number of nitrogens with one attached hydrogen (secondary N) is 2. The predicted octanol–water partition coefficient (Wildman–Crippen LogP) is 4.17. The van der Waals surface area contributed by atoms with Gasteiger partial charge in [-0.2, -0.15) is 0 Å². The Labute approximate surface area is 122 Å². The lowest BCUT2D eigenvalue weighted by atomic mass is 9.87. The van der Waals surface area contributed by atoms with Crippen molar-refractivity contribution in [1.29, 1.82) is 0 Å². The fraction of sp³-hybridized carbons (Fsp3) is 0.562. The molecule has 0 bridgehead atoms. The van der Waals surface area contributed by atoms with E-state index in [1.807, 2.05) is 0 Å². The van der Waals surface area contributed by atoms with Crippen molar-refractivity contribution in [1.82, 2.24) is 5.32 Å². The molecule has 3 heteroatoms. The minimum absolute atomic E-state index is 0.543. The number of anilines is 1. The van der Waals surface area contributed by atoms with Gasteiger partial charge in [-0.25, -0.2) is 0 Å². The smallest absolute Gasteiger partial charge is 0.171 e. The standard InChI is InChI=1S/C16H24N2S/c1-11-4-7-14(8-5-11)17-16(19)18-15-9-6-12(2)10-13(15)3/h6,9-11,14H,4-5,7-8H2,1-3H3,(H2,17,18,19). The molecule has 1 fully saturated rings. The highest BCUT2D eigenvalue weighted by molar-refractivity contribution is 7.80. The Morgan fingerprint density at radius 2 is 1.84 bits per heavy atom. The molecule has 0 aromatic heterocycles. The van der Waals surface area contributed by atoms with E-state index in [-0.39, 0.29) is 0 Å². The fourth-order valence-electron chi connectivity index (χ4n) is 2.70. The van der Waals surface area contributed by atoms with Crippen LogP contribution >= 0.6 is 12.2 Å². The molecule has 1 aliphatic carbocycles. The van der Waals surface area contributed by atoms with Crippen molar-refractivity contribution in [2.24, 2.45) is 5.92 Å². The molecule has 1 aromatic carbocycles. The van der Waals surface area contributed by atoms with Crippen LogP contribution in [0, 0.1) is 19.8 Å². The first kappa shape index (κ1) is 14.3. The monoisotopic (exact) mass is 276 g/mol. The highest BCUT2D eigenvalue weighted by atomic mass is 32.1. The van der Waals surface area contributed by atoms with E-state index in [0.29, 0.717) is 6.04 Å². The van der Waals surface area contributed by atoms with Crippen LogP contribution in [0.25, 0.3) is 0 Å². The Balaban J connectivity index is 1.87. The SMILES string of the molecule is Cc1ccc(NC(=S)NC2CCC(C)CC2)c(C)c1. The lowest BCUT2D eigenvalue weighted by Gasteiger charge is -2.28. The van der Waals surface area contributed by atoms with Crippen molar-refractivity contribution in [2.75, 3.05) is 5.32 Å². The maximum absolute atomic E-state index is 5.42. The average molecular weight is 276 g/mol. The van der Waals surface area contributed by atoms with E-state index in [1.165, 1.54) is 36.8 Å². The molecule has 104 valence electrons. The van der Waals surface area contributed by atoms with Gasteiger partial charge in [-0.3, -0.25) is 0 Å². The molecule has 0 heterocycles. The first-order chi connectivity index (χ1) is 9.04. The molecule has 1 aromatic rings. The third-order valence-electron chi connectivity index (χ3n) is 3.98. The van der Waals surface area contributed by atoms with Crippen molar-refractivity contribution in [3.05, 3.63) is 29.3 Å². The second-order valence-corrected chi connectivity index (χ2v) is 6.28. The number of benzene rings is 1. The molecule has 2 nitrogen and oxygen atoms in total. The minimum atomic E-state index is 0.543. The normalized spacial score (nSPS) is 22.9. The molecule has 1 aliphatic rings. The number of thiocarbonyl (C=S) groups is 1. The van der Waals surface area contributed by atoms with Crippen LogP contribution in [0.5, 0.6) is 0 Å². The van der Waals surface area contributed by atoms with Gasteiger partial charge < -0.3 is 10.6 Å². The van der Waals surface area contributed by atoms with Crippen LogP contribution in [0.15, 0.2) is 18.2 Å². The van der Waals surface area contributed by atoms with Crippen molar-refractivity contribution < 1.29 is 0 Å². The number of hydrogen-bond acceptors (Lipinski definition) is 1. The lowest BCUT2D eigenvalue weighted by Crippen LogP contribution is -2.39. The summed E-state index contributed by atoms with van der Waals surface area (Å²) in [5.41, 5.74) is 3.62. The fourth-order valence-corrected chi connectivity index (χ4v) is 2.98. The Hall–Kier alpha value is -1.09. The Morgan fingerprint density at radius 1 is 1.16 bits per heavy atom. The van der Waals surface area contributed by atoms with E-state index in [4.69, 9.17) is 12.2 Å². The Kier molecular flexibility index (Phi) is 4.81. The zero-order valence-electron chi connectivity index (χ0n) is 12.1. The van der Waals surface area contributed by atoms with Gasteiger partial charge in [0.05, 0.1) is 0 Å². The van der Waals surface area contributed by atoms with Crippen LogP contribution in [0.3, 0.4) is 0 Å². The summed E-state index contributed by atoms with van der Waals surface area (Å²) < 4.78 is 0. The molecular weight excluding hydrogens is 252 g/mol. The minimum Gasteiger partial charge on any atom is -0.360 e. The lowest BCUT2D eigenvalue weighted by molar-refractivity contribution is 0.332. The summed E-state index contributed by atoms with van der Waals surface area (Å²) in [7, 11) is 0. The van der Waals surface area contributed by atoms with Gasteiger partial charge in [-0.1, -0.05) is 24.6 Å². The van der Waals surface area contributed by atoms with Gasteiger partial charge in [0, 0.05) is 11.7 Å². The van der Waals surface area contributed by atoms with Gasteiger partial charge in [-0.15, -0.1) is 0 Å². The van der Waals surface area contributed by atoms with Gasteiger partial charge in [0.2, 0.25) is 0 Å². The van der Waals surface area contributed by atoms with E-state index >= 15 is 0 Å². The molecular formula is C16H24N2S. The molecule has 0 unspecified atom stereocenters.